The fourth-order valence-electron chi connectivity index (χ4n) is 4.38. The summed E-state index contributed by atoms with van der Waals surface area (Å²) >= 11 is 0. The third kappa shape index (κ3) is 2.97. The predicted molar refractivity (Wildman–Crippen MR) is 109 cm³/mol. The monoisotopic (exact) mass is 389 g/mol. The quantitative estimate of drug-likeness (QED) is 0.647. The number of aryl methyl sites for hydroxylation is 1. The van der Waals surface area contributed by atoms with Gasteiger partial charge in [-0.15, -0.1) is 0 Å². The minimum absolute atomic E-state index is 0.136. The fraction of sp³-hybridized carbons (Fsp3) is 0.364. The van der Waals surface area contributed by atoms with E-state index in [0.29, 0.717) is 5.82 Å². The van der Waals surface area contributed by atoms with Crippen molar-refractivity contribution in [2.75, 3.05) is 12.4 Å². The number of H-pyrrole nitrogens is 1. The normalized spacial score (nSPS) is 16.7. The zero-order valence-electron chi connectivity index (χ0n) is 16.4. The van der Waals surface area contributed by atoms with E-state index in [1.54, 1.807) is 12.4 Å². The Morgan fingerprint density at radius 1 is 1.14 bits per heavy atom. The van der Waals surface area contributed by atoms with Crippen molar-refractivity contribution in [2.45, 2.75) is 43.9 Å². The molecule has 3 aromatic rings. The molecule has 29 heavy (non-hydrogen) atoms. The number of hydrogen-bond donors (Lipinski definition) is 2. The number of anilines is 2. The number of methoxy groups -OCH3 is 1. The molecule has 0 spiro atoms. The van der Waals surface area contributed by atoms with Crippen LogP contribution in [0, 0.1) is 0 Å². The van der Waals surface area contributed by atoms with E-state index < -0.39 is 5.41 Å². The fourth-order valence-corrected chi connectivity index (χ4v) is 4.38. The molecule has 0 atom stereocenters. The van der Waals surface area contributed by atoms with Gasteiger partial charge >= 0.3 is 5.97 Å². The lowest BCUT2D eigenvalue weighted by Gasteiger charge is -2.39. The van der Waals surface area contributed by atoms with Crippen LogP contribution >= 0.6 is 0 Å². The molecule has 5 rings (SSSR count). The van der Waals surface area contributed by atoms with Crippen molar-refractivity contribution in [1.29, 1.82) is 0 Å². The number of hydrogen-bond acceptors (Lipinski definition) is 6. The molecule has 0 radical (unpaired) electrons. The van der Waals surface area contributed by atoms with Crippen molar-refractivity contribution in [3.8, 4) is 11.4 Å². The van der Waals surface area contributed by atoms with Crippen LogP contribution in [0.25, 0.3) is 11.4 Å². The molecule has 0 aliphatic heterocycles. The second-order valence-corrected chi connectivity index (χ2v) is 7.79. The number of ether oxygens (including phenoxy) is 1. The van der Waals surface area contributed by atoms with Crippen molar-refractivity contribution in [1.82, 2.24) is 20.2 Å². The molecule has 2 heterocycles. The average molecular weight is 389 g/mol. The molecule has 7 heteroatoms. The van der Waals surface area contributed by atoms with Gasteiger partial charge < -0.3 is 10.1 Å². The van der Waals surface area contributed by atoms with Gasteiger partial charge in [0.25, 0.3) is 0 Å². The smallest absolute Gasteiger partial charge is 0.316 e. The van der Waals surface area contributed by atoms with Crippen LogP contribution in [0.1, 0.15) is 42.5 Å². The Balaban J connectivity index is 1.44. The molecule has 2 N–H and O–H groups in total. The third-order valence-electron chi connectivity index (χ3n) is 6.17. The minimum atomic E-state index is -0.474. The number of carbonyl (C=O) groups is 1. The number of nitrogens with one attached hydrogen (secondary N) is 2. The zero-order valence-corrected chi connectivity index (χ0v) is 16.4. The molecular weight excluding hydrogens is 366 g/mol. The molecule has 0 amide bonds. The van der Waals surface area contributed by atoms with Crippen LogP contribution in [0.5, 0.6) is 0 Å². The van der Waals surface area contributed by atoms with E-state index in [4.69, 9.17) is 14.7 Å². The van der Waals surface area contributed by atoms with Gasteiger partial charge in [-0.25, -0.2) is 9.97 Å². The van der Waals surface area contributed by atoms with Crippen LogP contribution < -0.4 is 5.32 Å². The van der Waals surface area contributed by atoms with Crippen LogP contribution in [-0.2, 0) is 27.8 Å². The molecule has 148 valence electrons. The van der Waals surface area contributed by atoms with Gasteiger partial charge in [0.05, 0.1) is 24.3 Å². The van der Waals surface area contributed by atoms with Crippen molar-refractivity contribution in [3.63, 3.8) is 0 Å². The number of carbonyl (C=O) groups excluding carboxylic acids is 1. The SMILES string of the molecule is COC(=O)C1(c2ccc(Nc3nc(-c4cn[nH]c4)nc4c3CCC4)cc2)CCC1. The van der Waals surface area contributed by atoms with E-state index in [0.717, 1.165) is 66.9 Å². The molecule has 0 saturated heterocycles. The van der Waals surface area contributed by atoms with E-state index in [9.17, 15) is 4.79 Å². The molecule has 0 unspecified atom stereocenters. The van der Waals surface area contributed by atoms with Gasteiger partial charge in [-0.05, 0) is 49.8 Å². The maximum atomic E-state index is 12.3. The highest BCUT2D eigenvalue weighted by atomic mass is 16.5. The van der Waals surface area contributed by atoms with Crippen molar-refractivity contribution < 1.29 is 9.53 Å². The largest absolute Gasteiger partial charge is 0.468 e. The summed E-state index contributed by atoms with van der Waals surface area (Å²) in [5, 5.41) is 10.3. The lowest BCUT2D eigenvalue weighted by molar-refractivity contribution is -0.151. The van der Waals surface area contributed by atoms with Gasteiger partial charge in [0.1, 0.15) is 5.82 Å². The van der Waals surface area contributed by atoms with Gasteiger partial charge in [0, 0.05) is 23.1 Å². The number of aromatic amines is 1. The summed E-state index contributed by atoms with van der Waals surface area (Å²) in [6.45, 7) is 0. The lowest BCUT2D eigenvalue weighted by atomic mass is 9.64. The number of aromatic nitrogens is 4. The number of nitrogens with zero attached hydrogens (tertiary/aromatic N) is 3. The Bertz CT molecular complexity index is 1040. The zero-order chi connectivity index (χ0) is 19.8. The topological polar surface area (TPSA) is 92.8 Å². The highest BCUT2D eigenvalue weighted by Crippen LogP contribution is 2.45. The van der Waals surface area contributed by atoms with Crippen LogP contribution in [0.2, 0.25) is 0 Å². The van der Waals surface area contributed by atoms with E-state index in [1.807, 2.05) is 24.3 Å². The predicted octanol–water partition coefficient (Wildman–Crippen LogP) is 3.69. The number of esters is 1. The molecule has 7 nitrogen and oxygen atoms in total. The van der Waals surface area contributed by atoms with Crippen molar-refractivity contribution >= 4 is 17.5 Å². The highest BCUT2D eigenvalue weighted by molar-refractivity contribution is 5.84. The summed E-state index contributed by atoms with van der Waals surface area (Å²) in [5.74, 6) is 1.39. The Kier molecular flexibility index (Phi) is 4.30. The van der Waals surface area contributed by atoms with Gasteiger partial charge in [0.15, 0.2) is 5.82 Å². The summed E-state index contributed by atoms with van der Waals surface area (Å²) < 4.78 is 5.06. The van der Waals surface area contributed by atoms with E-state index in [-0.39, 0.29) is 5.97 Å². The van der Waals surface area contributed by atoms with Crippen LogP contribution in [0.3, 0.4) is 0 Å². The van der Waals surface area contributed by atoms with Gasteiger partial charge in [-0.3, -0.25) is 9.89 Å². The number of fused-ring (bicyclic) bond motifs is 1. The maximum absolute atomic E-state index is 12.3. The van der Waals surface area contributed by atoms with Gasteiger partial charge in [-0.2, -0.15) is 5.10 Å². The second-order valence-electron chi connectivity index (χ2n) is 7.79. The standard InChI is InChI=1S/C22H23N5O2/c1-29-21(28)22(10-3-11-22)15-6-8-16(9-7-15)25-20-17-4-2-5-18(17)26-19(27-20)14-12-23-24-13-14/h6-9,12-13H,2-5,10-11H2,1H3,(H,23,24)(H,25,26,27). The first-order valence-corrected chi connectivity index (χ1v) is 10.0. The van der Waals surface area contributed by atoms with Crippen molar-refractivity contribution in [2.24, 2.45) is 0 Å². The minimum Gasteiger partial charge on any atom is -0.468 e. The Morgan fingerprint density at radius 3 is 2.62 bits per heavy atom. The molecular formula is C22H23N5O2. The Hall–Kier alpha value is -3.22. The molecule has 2 aromatic heterocycles. The first-order chi connectivity index (χ1) is 14.2. The van der Waals surface area contributed by atoms with Crippen LogP contribution in [0.15, 0.2) is 36.7 Å². The molecule has 0 bridgehead atoms. The van der Waals surface area contributed by atoms with Crippen LogP contribution in [-0.4, -0.2) is 33.2 Å². The number of rotatable bonds is 5. The maximum Gasteiger partial charge on any atom is 0.316 e. The van der Waals surface area contributed by atoms with Gasteiger partial charge in [0.2, 0.25) is 0 Å². The lowest BCUT2D eigenvalue weighted by Crippen LogP contribution is -2.43. The first-order valence-electron chi connectivity index (χ1n) is 10.0. The van der Waals surface area contributed by atoms with Crippen molar-refractivity contribution in [3.05, 3.63) is 53.5 Å². The number of benzene rings is 1. The third-order valence-corrected chi connectivity index (χ3v) is 6.17. The molecule has 1 saturated carbocycles. The van der Waals surface area contributed by atoms with E-state index >= 15 is 0 Å². The average Bonchev–Trinajstić information content (AvgIpc) is 3.40. The summed E-state index contributed by atoms with van der Waals surface area (Å²) in [5.41, 5.74) is 4.66. The summed E-state index contributed by atoms with van der Waals surface area (Å²) in [6.07, 6.45) is 9.33. The molecule has 1 aromatic carbocycles. The van der Waals surface area contributed by atoms with E-state index in [2.05, 4.69) is 15.5 Å². The highest BCUT2D eigenvalue weighted by Gasteiger charge is 2.46. The summed E-state index contributed by atoms with van der Waals surface area (Å²) in [7, 11) is 1.46. The Morgan fingerprint density at radius 2 is 1.97 bits per heavy atom. The Labute approximate surface area is 168 Å². The first kappa shape index (κ1) is 17.8. The van der Waals surface area contributed by atoms with Gasteiger partial charge in [-0.1, -0.05) is 18.6 Å². The molecule has 2 aliphatic carbocycles. The summed E-state index contributed by atoms with van der Waals surface area (Å²) in [4.78, 5) is 21.8. The summed E-state index contributed by atoms with van der Waals surface area (Å²) in [6, 6.07) is 8.08. The van der Waals surface area contributed by atoms with Crippen LogP contribution in [0.4, 0.5) is 11.5 Å². The molecule has 2 aliphatic rings. The molecule has 1 fully saturated rings. The second kappa shape index (κ2) is 6.99. The van der Waals surface area contributed by atoms with E-state index in [1.165, 1.54) is 12.7 Å².